The second-order valence-electron chi connectivity index (χ2n) is 3.91. The third kappa shape index (κ3) is 1.66. The third-order valence-electron chi connectivity index (χ3n) is 2.72. The minimum Gasteiger partial charge on any atom is -0.303 e. The molecule has 13 heavy (non-hydrogen) atoms. The summed E-state index contributed by atoms with van der Waals surface area (Å²) in [5.41, 5.74) is 1.08. The lowest BCUT2D eigenvalue weighted by atomic mass is 10.1. The summed E-state index contributed by atoms with van der Waals surface area (Å²) in [5.74, 6) is 0. The Labute approximate surface area is 82.0 Å². The van der Waals surface area contributed by atoms with E-state index in [1.54, 1.807) is 11.3 Å². The largest absolute Gasteiger partial charge is 0.303 e. The standard InChI is InChI=1S/C10H13NOS/c1-7-8(2)13-9(11-7)5-10(6-12)3-4-10/h6H,3-5H2,1-2H3. The second-order valence-corrected chi connectivity index (χ2v) is 5.19. The van der Waals surface area contributed by atoms with Crippen LogP contribution in [-0.2, 0) is 11.2 Å². The fraction of sp³-hybridized carbons (Fsp3) is 0.600. The monoisotopic (exact) mass is 195 g/mol. The number of hydrogen-bond donors (Lipinski definition) is 0. The molecule has 1 fully saturated rings. The van der Waals surface area contributed by atoms with E-state index in [9.17, 15) is 4.79 Å². The van der Waals surface area contributed by atoms with Gasteiger partial charge in [0.05, 0.1) is 10.7 Å². The molecule has 0 bridgehead atoms. The van der Waals surface area contributed by atoms with E-state index >= 15 is 0 Å². The molecule has 0 spiro atoms. The summed E-state index contributed by atoms with van der Waals surface area (Å²) < 4.78 is 0. The molecule has 1 aromatic rings. The summed E-state index contributed by atoms with van der Waals surface area (Å²) in [7, 11) is 0. The van der Waals surface area contributed by atoms with Gasteiger partial charge in [-0.25, -0.2) is 4.98 Å². The van der Waals surface area contributed by atoms with E-state index in [0.29, 0.717) is 0 Å². The molecule has 0 amide bonds. The molecule has 1 aliphatic carbocycles. The SMILES string of the molecule is Cc1nc(CC2(C=O)CC2)sc1C. The van der Waals surface area contributed by atoms with Gasteiger partial charge in [0.15, 0.2) is 0 Å². The number of thiazole rings is 1. The maximum absolute atomic E-state index is 10.8. The zero-order chi connectivity index (χ0) is 9.47. The number of rotatable bonds is 3. The van der Waals surface area contributed by atoms with E-state index in [0.717, 1.165) is 36.3 Å². The lowest BCUT2D eigenvalue weighted by Gasteiger charge is -2.01. The summed E-state index contributed by atoms with van der Waals surface area (Å²) in [6.07, 6.45) is 4.07. The van der Waals surface area contributed by atoms with Gasteiger partial charge >= 0.3 is 0 Å². The Kier molecular flexibility index (Phi) is 1.99. The van der Waals surface area contributed by atoms with Gasteiger partial charge in [0, 0.05) is 16.7 Å². The summed E-state index contributed by atoms with van der Waals surface area (Å²) in [4.78, 5) is 16.5. The Bertz CT molecular complexity index is 319. The van der Waals surface area contributed by atoms with E-state index in [1.807, 2.05) is 6.92 Å². The van der Waals surface area contributed by atoms with E-state index < -0.39 is 0 Å². The fourth-order valence-corrected chi connectivity index (χ4v) is 2.50. The first-order valence-electron chi connectivity index (χ1n) is 4.54. The van der Waals surface area contributed by atoms with Crippen LogP contribution in [0, 0.1) is 19.3 Å². The van der Waals surface area contributed by atoms with E-state index in [1.165, 1.54) is 4.88 Å². The number of aromatic nitrogens is 1. The Morgan fingerprint density at radius 3 is 2.62 bits per heavy atom. The molecule has 70 valence electrons. The van der Waals surface area contributed by atoms with Crippen LogP contribution in [0.25, 0.3) is 0 Å². The number of hydrogen-bond acceptors (Lipinski definition) is 3. The molecule has 0 aliphatic heterocycles. The molecule has 1 aliphatic rings. The van der Waals surface area contributed by atoms with Crippen molar-refractivity contribution in [2.75, 3.05) is 0 Å². The molecule has 0 unspecified atom stereocenters. The zero-order valence-electron chi connectivity index (χ0n) is 7.96. The average Bonchev–Trinajstić information content (AvgIpc) is 2.78. The Balaban J connectivity index is 2.14. The molecule has 0 saturated heterocycles. The summed E-state index contributed by atoms with van der Waals surface area (Å²) in [6, 6.07) is 0. The van der Waals surface area contributed by atoms with Gasteiger partial charge in [-0.3, -0.25) is 0 Å². The highest BCUT2D eigenvalue weighted by Gasteiger charge is 2.43. The topological polar surface area (TPSA) is 30.0 Å². The molecular weight excluding hydrogens is 182 g/mol. The lowest BCUT2D eigenvalue weighted by molar-refractivity contribution is -0.112. The highest BCUT2D eigenvalue weighted by Crippen LogP contribution is 2.46. The second kappa shape index (κ2) is 2.91. The smallest absolute Gasteiger partial charge is 0.126 e. The summed E-state index contributed by atoms with van der Waals surface area (Å²) in [5, 5.41) is 1.12. The van der Waals surface area contributed by atoms with Crippen LogP contribution in [0.15, 0.2) is 0 Å². The number of aryl methyl sites for hydroxylation is 2. The minimum atomic E-state index is -0.0310. The van der Waals surface area contributed by atoms with Crippen LogP contribution in [0.1, 0.15) is 28.4 Å². The van der Waals surface area contributed by atoms with Crippen molar-refractivity contribution in [1.82, 2.24) is 4.98 Å². The van der Waals surface area contributed by atoms with Gasteiger partial charge in [0.1, 0.15) is 6.29 Å². The molecule has 2 rings (SSSR count). The van der Waals surface area contributed by atoms with Crippen molar-refractivity contribution in [3.05, 3.63) is 15.6 Å². The molecule has 1 aromatic heterocycles. The first kappa shape index (κ1) is 8.88. The molecule has 3 heteroatoms. The van der Waals surface area contributed by atoms with Crippen LogP contribution < -0.4 is 0 Å². The number of carbonyl (C=O) groups is 1. The van der Waals surface area contributed by atoms with Crippen LogP contribution in [-0.4, -0.2) is 11.3 Å². The van der Waals surface area contributed by atoms with Crippen LogP contribution >= 0.6 is 11.3 Å². The molecule has 2 nitrogen and oxygen atoms in total. The molecular formula is C10H13NOS. The molecule has 0 N–H and O–H groups in total. The van der Waals surface area contributed by atoms with E-state index in [4.69, 9.17) is 0 Å². The van der Waals surface area contributed by atoms with Crippen LogP contribution in [0.2, 0.25) is 0 Å². The normalized spacial score (nSPS) is 18.6. The lowest BCUT2D eigenvalue weighted by Crippen LogP contribution is -2.05. The van der Waals surface area contributed by atoms with Crippen molar-refractivity contribution in [3.63, 3.8) is 0 Å². The third-order valence-corrected chi connectivity index (χ3v) is 3.79. The highest BCUT2D eigenvalue weighted by atomic mass is 32.1. The first-order chi connectivity index (χ1) is 6.15. The minimum absolute atomic E-state index is 0.0310. The van der Waals surface area contributed by atoms with Gasteiger partial charge in [0.2, 0.25) is 0 Å². The van der Waals surface area contributed by atoms with Gasteiger partial charge < -0.3 is 4.79 Å². The van der Waals surface area contributed by atoms with Crippen molar-refractivity contribution in [3.8, 4) is 0 Å². The quantitative estimate of drug-likeness (QED) is 0.693. The number of carbonyl (C=O) groups excluding carboxylic acids is 1. The maximum atomic E-state index is 10.8. The van der Waals surface area contributed by atoms with Crippen LogP contribution in [0.4, 0.5) is 0 Å². The average molecular weight is 195 g/mol. The predicted octanol–water partition coefficient (Wildman–Crippen LogP) is 2.28. The van der Waals surface area contributed by atoms with Gasteiger partial charge in [-0.1, -0.05) is 0 Å². The van der Waals surface area contributed by atoms with Crippen molar-refractivity contribution in [1.29, 1.82) is 0 Å². The molecule has 1 heterocycles. The Morgan fingerprint density at radius 2 is 2.23 bits per heavy atom. The predicted molar refractivity (Wildman–Crippen MR) is 53.0 cm³/mol. The fourth-order valence-electron chi connectivity index (χ4n) is 1.41. The molecule has 0 radical (unpaired) electrons. The highest BCUT2D eigenvalue weighted by molar-refractivity contribution is 7.11. The van der Waals surface area contributed by atoms with Crippen LogP contribution in [0.3, 0.4) is 0 Å². The van der Waals surface area contributed by atoms with Gasteiger partial charge in [0.25, 0.3) is 0 Å². The molecule has 1 saturated carbocycles. The van der Waals surface area contributed by atoms with Gasteiger partial charge in [-0.05, 0) is 26.7 Å². The van der Waals surface area contributed by atoms with E-state index in [-0.39, 0.29) is 5.41 Å². The Morgan fingerprint density at radius 1 is 1.54 bits per heavy atom. The van der Waals surface area contributed by atoms with E-state index in [2.05, 4.69) is 11.9 Å². The van der Waals surface area contributed by atoms with Crippen molar-refractivity contribution in [2.45, 2.75) is 33.1 Å². The Hall–Kier alpha value is -0.700. The number of aldehydes is 1. The van der Waals surface area contributed by atoms with Crippen LogP contribution in [0.5, 0.6) is 0 Å². The first-order valence-corrected chi connectivity index (χ1v) is 5.36. The summed E-state index contributed by atoms with van der Waals surface area (Å²) >= 11 is 1.73. The van der Waals surface area contributed by atoms with Gasteiger partial charge in [-0.2, -0.15) is 0 Å². The van der Waals surface area contributed by atoms with Crippen molar-refractivity contribution in [2.24, 2.45) is 5.41 Å². The number of nitrogens with zero attached hydrogens (tertiary/aromatic N) is 1. The van der Waals surface area contributed by atoms with Gasteiger partial charge in [-0.15, -0.1) is 11.3 Å². The van der Waals surface area contributed by atoms with Crippen molar-refractivity contribution < 1.29 is 4.79 Å². The van der Waals surface area contributed by atoms with Crippen molar-refractivity contribution >= 4 is 17.6 Å². The zero-order valence-corrected chi connectivity index (χ0v) is 8.78. The summed E-state index contributed by atoms with van der Waals surface area (Å²) in [6.45, 7) is 4.10. The maximum Gasteiger partial charge on any atom is 0.126 e. The molecule has 0 atom stereocenters. The molecule has 0 aromatic carbocycles.